The molecule has 0 aliphatic carbocycles. The number of carbonyl (C=O) groups is 1. The Morgan fingerprint density at radius 2 is 1.85 bits per heavy atom. The van der Waals surface area contributed by atoms with Gasteiger partial charge in [0, 0.05) is 24.3 Å². The van der Waals surface area contributed by atoms with Crippen LogP contribution in [0.5, 0.6) is 0 Å². The van der Waals surface area contributed by atoms with Crippen LogP contribution in [-0.4, -0.2) is 44.9 Å². The minimum Gasteiger partial charge on any atom is -0.379 e. The molecule has 1 N–H and O–H groups in total. The highest BCUT2D eigenvalue weighted by Gasteiger charge is 2.29. The number of halogens is 1. The summed E-state index contributed by atoms with van der Waals surface area (Å²) in [6.07, 6.45) is 0. The third-order valence-electron chi connectivity index (χ3n) is 4.63. The quantitative estimate of drug-likeness (QED) is 0.868. The molecule has 6 nitrogen and oxygen atoms in total. The highest BCUT2D eigenvalue weighted by Crippen LogP contribution is 2.23. The molecule has 2 aromatic carbocycles. The van der Waals surface area contributed by atoms with Crippen molar-refractivity contribution in [2.75, 3.05) is 31.6 Å². The number of hydrogen-bond acceptors (Lipinski definition) is 4. The predicted molar refractivity (Wildman–Crippen MR) is 99.8 cm³/mol. The van der Waals surface area contributed by atoms with Crippen molar-refractivity contribution >= 4 is 21.6 Å². The number of ether oxygens (including phenoxy) is 1. The van der Waals surface area contributed by atoms with Crippen molar-refractivity contribution in [2.24, 2.45) is 0 Å². The van der Waals surface area contributed by atoms with Crippen molar-refractivity contribution in [2.45, 2.75) is 18.7 Å². The highest BCUT2D eigenvalue weighted by atomic mass is 32.2. The third kappa shape index (κ3) is 4.02. The summed E-state index contributed by atoms with van der Waals surface area (Å²) in [4.78, 5) is 12.1. The summed E-state index contributed by atoms with van der Waals surface area (Å²) >= 11 is 0. The molecule has 0 bridgehead atoms. The maximum atomic E-state index is 14.3. The standard InChI is InChI=1S/C19H21FN2O4S/c1-13-4-3-5-17(14(13)2)21-19(23)15-6-7-16(20)18(12-15)27(24,25)22-8-10-26-11-9-22/h3-7,12H,8-11H2,1-2H3,(H,21,23). The summed E-state index contributed by atoms with van der Waals surface area (Å²) < 4.78 is 46.1. The largest absolute Gasteiger partial charge is 0.379 e. The first kappa shape index (κ1) is 19.5. The maximum Gasteiger partial charge on any atom is 0.255 e. The summed E-state index contributed by atoms with van der Waals surface area (Å²) in [5, 5.41) is 2.76. The maximum absolute atomic E-state index is 14.3. The molecule has 0 saturated carbocycles. The lowest BCUT2D eigenvalue weighted by atomic mass is 10.1. The smallest absolute Gasteiger partial charge is 0.255 e. The summed E-state index contributed by atoms with van der Waals surface area (Å²) in [5.74, 6) is -1.38. The first-order chi connectivity index (χ1) is 12.8. The van der Waals surface area contributed by atoms with Gasteiger partial charge in [-0.05, 0) is 49.2 Å². The molecule has 8 heteroatoms. The molecular formula is C19H21FN2O4S. The van der Waals surface area contributed by atoms with Crippen LogP contribution < -0.4 is 5.32 Å². The van der Waals surface area contributed by atoms with Gasteiger partial charge >= 0.3 is 0 Å². The van der Waals surface area contributed by atoms with Crippen LogP contribution in [0.25, 0.3) is 0 Å². The van der Waals surface area contributed by atoms with Crippen molar-refractivity contribution in [3.8, 4) is 0 Å². The SMILES string of the molecule is Cc1cccc(NC(=O)c2ccc(F)c(S(=O)(=O)N3CCOCC3)c2)c1C. The number of hydrogen-bond donors (Lipinski definition) is 1. The first-order valence-corrected chi connectivity index (χ1v) is 10.00. The van der Waals surface area contributed by atoms with Gasteiger partial charge < -0.3 is 10.1 Å². The fourth-order valence-corrected chi connectivity index (χ4v) is 4.35. The zero-order valence-corrected chi connectivity index (χ0v) is 16.0. The van der Waals surface area contributed by atoms with Crippen LogP contribution in [-0.2, 0) is 14.8 Å². The molecule has 144 valence electrons. The van der Waals surface area contributed by atoms with E-state index in [0.29, 0.717) is 5.69 Å². The summed E-state index contributed by atoms with van der Waals surface area (Å²) in [7, 11) is -4.04. The van der Waals surface area contributed by atoms with Crippen LogP contribution in [0.3, 0.4) is 0 Å². The van der Waals surface area contributed by atoms with Crippen molar-refractivity contribution < 1.29 is 22.3 Å². The van der Waals surface area contributed by atoms with Crippen molar-refractivity contribution in [3.63, 3.8) is 0 Å². The molecule has 1 aliphatic rings. The number of aryl methyl sites for hydroxylation is 1. The number of benzene rings is 2. The number of rotatable bonds is 4. The third-order valence-corrected chi connectivity index (χ3v) is 6.55. The lowest BCUT2D eigenvalue weighted by Crippen LogP contribution is -2.41. The van der Waals surface area contributed by atoms with Gasteiger partial charge in [0.2, 0.25) is 10.0 Å². The summed E-state index contributed by atoms with van der Waals surface area (Å²) in [6.45, 7) is 4.63. The van der Waals surface area contributed by atoms with Crippen LogP contribution in [0.2, 0.25) is 0 Å². The van der Waals surface area contributed by atoms with Crippen molar-refractivity contribution in [3.05, 3.63) is 58.9 Å². The van der Waals surface area contributed by atoms with Gasteiger partial charge in [-0.1, -0.05) is 12.1 Å². The van der Waals surface area contributed by atoms with E-state index in [4.69, 9.17) is 4.74 Å². The van der Waals surface area contributed by atoms with Gasteiger partial charge in [0.1, 0.15) is 10.7 Å². The average Bonchev–Trinajstić information content (AvgIpc) is 2.66. The Hall–Kier alpha value is -2.29. The Labute approximate surface area is 158 Å². The van der Waals surface area contributed by atoms with Crippen molar-refractivity contribution in [1.82, 2.24) is 4.31 Å². The molecule has 1 amide bonds. The van der Waals surface area contributed by atoms with Crippen LogP contribution >= 0.6 is 0 Å². The average molecular weight is 392 g/mol. The molecule has 0 aromatic heterocycles. The molecular weight excluding hydrogens is 371 g/mol. The molecule has 2 aromatic rings. The topological polar surface area (TPSA) is 75.7 Å². The summed E-state index contributed by atoms with van der Waals surface area (Å²) in [5.41, 5.74) is 2.63. The first-order valence-electron chi connectivity index (χ1n) is 8.55. The Bertz CT molecular complexity index is 970. The van der Waals surface area contributed by atoms with Gasteiger partial charge in [-0.15, -0.1) is 0 Å². The van der Waals surface area contributed by atoms with Crippen LogP contribution in [0.15, 0.2) is 41.3 Å². The van der Waals surface area contributed by atoms with Gasteiger partial charge in [0.25, 0.3) is 5.91 Å². The number of nitrogens with zero attached hydrogens (tertiary/aromatic N) is 1. The van der Waals surface area contributed by atoms with Gasteiger partial charge in [-0.2, -0.15) is 4.31 Å². The summed E-state index contributed by atoms with van der Waals surface area (Å²) in [6, 6.07) is 8.86. The van der Waals surface area contributed by atoms with Gasteiger partial charge in [-0.3, -0.25) is 4.79 Å². The predicted octanol–water partition coefficient (Wildman–Crippen LogP) is 2.72. The zero-order valence-electron chi connectivity index (χ0n) is 15.2. The van der Waals surface area contributed by atoms with E-state index in [1.165, 1.54) is 10.4 Å². The normalized spacial score (nSPS) is 15.5. The second kappa shape index (κ2) is 7.75. The number of sulfonamides is 1. The number of carbonyl (C=O) groups excluding carboxylic acids is 1. The van der Waals surface area contributed by atoms with Gasteiger partial charge in [0.05, 0.1) is 13.2 Å². The molecule has 1 aliphatic heterocycles. The molecule has 0 unspecified atom stereocenters. The van der Waals surface area contributed by atoms with Crippen molar-refractivity contribution in [1.29, 1.82) is 0 Å². The van der Waals surface area contributed by atoms with Gasteiger partial charge in [-0.25, -0.2) is 12.8 Å². The van der Waals surface area contributed by atoms with Crippen LogP contribution in [0, 0.1) is 19.7 Å². The van der Waals surface area contributed by atoms with Crippen LogP contribution in [0.4, 0.5) is 10.1 Å². The number of morpholine rings is 1. The van der Waals surface area contributed by atoms with Crippen LogP contribution in [0.1, 0.15) is 21.5 Å². The fourth-order valence-electron chi connectivity index (χ4n) is 2.85. The molecule has 0 atom stereocenters. The molecule has 0 radical (unpaired) electrons. The molecule has 1 saturated heterocycles. The number of amides is 1. The second-order valence-corrected chi connectivity index (χ2v) is 8.27. The van der Waals surface area contributed by atoms with E-state index in [1.54, 1.807) is 6.07 Å². The van der Waals surface area contributed by atoms with E-state index in [2.05, 4.69) is 5.32 Å². The molecule has 3 rings (SSSR count). The van der Waals surface area contributed by atoms with E-state index in [0.717, 1.165) is 23.3 Å². The van der Waals surface area contributed by atoms with E-state index in [9.17, 15) is 17.6 Å². The molecule has 1 fully saturated rings. The molecule has 1 heterocycles. The minimum absolute atomic E-state index is 0.0733. The Morgan fingerprint density at radius 3 is 2.56 bits per heavy atom. The monoisotopic (exact) mass is 392 g/mol. The van der Waals surface area contributed by atoms with E-state index >= 15 is 0 Å². The fraction of sp³-hybridized carbons (Fsp3) is 0.316. The van der Waals surface area contributed by atoms with E-state index in [1.807, 2.05) is 26.0 Å². The Kier molecular flexibility index (Phi) is 5.59. The number of anilines is 1. The minimum atomic E-state index is -4.04. The lowest BCUT2D eigenvalue weighted by molar-refractivity contribution is 0.0729. The lowest BCUT2D eigenvalue weighted by Gasteiger charge is -2.26. The van der Waals surface area contributed by atoms with E-state index < -0.39 is 26.6 Å². The van der Waals surface area contributed by atoms with E-state index in [-0.39, 0.29) is 31.9 Å². The molecule has 0 spiro atoms. The van der Waals surface area contributed by atoms with Gasteiger partial charge in [0.15, 0.2) is 0 Å². The number of nitrogens with one attached hydrogen (secondary N) is 1. The highest BCUT2D eigenvalue weighted by molar-refractivity contribution is 7.89. The Balaban J connectivity index is 1.90. The Morgan fingerprint density at radius 1 is 1.15 bits per heavy atom. The zero-order chi connectivity index (χ0) is 19.6. The molecule has 27 heavy (non-hydrogen) atoms. The second-order valence-electron chi connectivity index (χ2n) is 6.36.